The van der Waals surface area contributed by atoms with E-state index in [1.54, 1.807) is 3.28 Å². The molecule has 36 heavy (non-hydrogen) atoms. The van der Waals surface area contributed by atoms with Crippen molar-refractivity contribution < 1.29 is 18.3 Å². The van der Waals surface area contributed by atoms with Crippen LogP contribution in [0, 0.1) is 5.92 Å². The first-order valence-corrected chi connectivity index (χ1v) is 19.5. The molecule has 0 fully saturated rings. The quantitative estimate of drug-likeness (QED) is 0.210. The van der Waals surface area contributed by atoms with E-state index in [0.717, 1.165) is 10.5 Å². The van der Waals surface area contributed by atoms with Crippen LogP contribution in [-0.4, -0.2) is 4.21 Å². The molecule has 3 aromatic carbocycles. The van der Waals surface area contributed by atoms with Gasteiger partial charge in [0.25, 0.3) is 0 Å². The van der Waals surface area contributed by atoms with Crippen LogP contribution < -0.4 is 6.54 Å². The van der Waals surface area contributed by atoms with Gasteiger partial charge in [-0.25, -0.2) is 0 Å². The van der Waals surface area contributed by atoms with Crippen molar-refractivity contribution in [2.45, 2.75) is 31.3 Å². The number of halogens is 2. The third-order valence-corrected chi connectivity index (χ3v) is 25.8. The van der Waals surface area contributed by atoms with E-state index in [0.29, 0.717) is 5.92 Å². The van der Waals surface area contributed by atoms with Gasteiger partial charge in [0.15, 0.2) is 0 Å². The van der Waals surface area contributed by atoms with Gasteiger partial charge in [-0.2, -0.15) is 0 Å². The summed E-state index contributed by atoms with van der Waals surface area (Å²) in [5.41, 5.74) is 9.30. The summed E-state index contributed by atoms with van der Waals surface area (Å²) in [6, 6.07) is 22.8. The zero-order chi connectivity index (χ0) is 24.1. The second-order valence-electron chi connectivity index (χ2n) is 10.3. The fourth-order valence-electron chi connectivity index (χ4n) is 6.65. The summed E-state index contributed by atoms with van der Waals surface area (Å²) in [7, 11) is 0. The predicted molar refractivity (Wildman–Crippen MR) is 164 cm³/mol. The molecular weight excluding hydrogens is 558 g/mol. The molecule has 2 aliphatic carbocycles. The molecule has 1 atom stereocenters. The van der Waals surface area contributed by atoms with Crippen LogP contribution in [0.2, 0.25) is 4.13 Å². The minimum absolute atomic E-state index is 0. The van der Waals surface area contributed by atoms with Crippen molar-refractivity contribution in [3.05, 3.63) is 117 Å². The summed E-state index contributed by atoms with van der Waals surface area (Å²) < 4.78 is 11.1. The van der Waals surface area contributed by atoms with E-state index in [2.05, 4.69) is 107 Å². The van der Waals surface area contributed by atoms with Gasteiger partial charge < -0.3 is 0 Å². The summed E-state index contributed by atoms with van der Waals surface area (Å²) in [6.07, 6.45) is 9.82. The molecule has 0 saturated carbocycles. The Hall–Kier alpha value is -2.05. The van der Waals surface area contributed by atoms with E-state index in [-0.39, 0.29) is 24.8 Å². The summed E-state index contributed by atoms with van der Waals surface area (Å²) in [5.74, 6) is 0.405. The fraction of sp³-hybridized carbons (Fsp3) is 0.182. The summed E-state index contributed by atoms with van der Waals surface area (Å²) in [6.45, 7) is 15.2. The Morgan fingerprint density at radius 1 is 0.917 bits per heavy atom. The number of hydrogen-bond acceptors (Lipinski definition) is 0. The predicted octanol–water partition coefficient (Wildman–Crippen LogP) is 8.38. The van der Waals surface area contributed by atoms with Crippen LogP contribution in [-0.2, 0) is 24.7 Å². The van der Waals surface area contributed by atoms with Gasteiger partial charge >= 0.3 is 207 Å². The standard InChI is InChI=1S/C17H13.C7H9.C6H5.C2H5.CH2.2ClH.Zr/c1-3-12-5-7-14-11-15-8-6-13(4-2)10-17(15)16(14)9-12;1-6-3-4-7(2)5-6;1-2-4-6-5-3-1;1-2;;;;/h3-7,9-10H,1-2,11H2;3,5,7H,1-2H3;1-5H;1H2,2H3;1H2;2*1H;. The van der Waals surface area contributed by atoms with Crippen molar-refractivity contribution in [2.75, 3.05) is 0 Å². The van der Waals surface area contributed by atoms with Gasteiger partial charge in [0, 0.05) is 0 Å². The normalized spacial score (nSPS) is 16.1. The Kier molecular flexibility index (Phi) is 8.22. The van der Waals surface area contributed by atoms with Gasteiger partial charge in [-0.05, 0) is 0 Å². The molecule has 0 amide bonds. The average Bonchev–Trinajstić information content (AvgIpc) is 3.42. The smallest absolute Gasteiger partial charge is 0.147 e. The molecule has 0 aliphatic heterocycles. The fourth-order valence-corrected chi connectivity index (χ4v) is 22.3. The van der Waals surface area contributed by atoms with Crippen molar-refractivity contribution in [1.82, 2.24) is 0 Å². The molecule has 0 nitrogen and oxygen atoms in total. The molecule has 0 spiro atoms. The molecular formula is C33H36Cl2Zr. The Balaban J connectivity index is 0.00000180. The SMILES string of the molecule is C=Cc1ccc2c(c1)-c1cc(C=C)c[c]([Zr](=[CH2])([CH2]C)([C]3=CC(C)=CC3C)[c]3ccccc3)c1C2.Cl.Cl. The van der Waals surface area contributed by atoms with E-state index in [4.69, 9.17) is 4.21 Å². The Labute approximate surface area is 230 Å². The second kappa shape index (κ2) is 10.4. The molecule has 0 saturated heterocycles. The minimum Gasteiger partial charge on any atom is -0.147 e. The van der Waals surface area contributed by atoms with Crippen LogP contribution in [0.3, 0.4) is 0 Å². The summed E-state index contributed by atoms with van der Waals surface area (Å²) in [4.78, 5) is 0. The van der Waals surface area contributed by atoms with E-state index in [9.17, 15) is 0 Å². The number of benzene rings is 3. The van der Waals surface area contributed by atoms with Crippen LogP contribution in [0.15, 0.2) is 94.8 Å². The molecule has 0 N–H and O–H groups in total. The third kappa shape index (κ3) is 4.05. The third-order valence-electron chi connectivity index (χ3n) is 8.52. The van der Waals surface area contributed by atoms with Crippen molar-refractivity contribution >= 4 is 47.7 Å². The topological polar surface area (TPSA) is 0 Å². The van der Waals surface area contributed by atoms with Gasteiger partial charge in [0.05, 0.1) is 0 Å². The van der Waals surface area contributed by atoms with Gasteiger partial charge in [-0.1, -0.05) is 0 Å². The van der Waals surface area contributed by atoms with Gasteiger partial charge in [0.1, 0.15) is 0 Å². The molecule has 0 aromatic heterocycles. The van der Waals surface area contributed by atoms with Crippen LogP contribution in [0.1, 0.15) is 43.0 Å². The first-order chi connectivity index (χ1) is 16.3. The van der Waals surface area contributed by atoms with E-state index in [1.807, 2.05) is 12.2 Å². The number of hydrogen-bond donors (Lipinski definition) is 0. The zero-order valence-electron chi connectivity index (χ0n) is 21.5. The molecule has 2 aliphatic rings. The molecule has 0 bridgehead atoms. The van der Waals surface area contributed by atoms with Crippen molar-refractivity contribution in [2.24, 2.45) is 5.92 Å². The van der Waals surface area contributed by atoms with Crippen molar-refractivity contribution in [1.29, 1.82) is 0 Å². The largest absolute Gasteiger partial charge is 0.147 e. The van der Waals surface area contributed by atoms with Crippen LogP contribution in [0.5, 0.6) is 0 Å². The van der Waals surface area contributed by atoms with Gasteiger partial charge in [-0.3, -0.25) is 0 Å². The van der Waals surface area contributed by atoms with Crippen LogP contribution in [0.25, 0.3) is 23.3 Å². The number of allylic oxidation sites excluding steroid dienone is 4. The Bertz CT molecular complexity index is 1470. The Morgan fingerprint density at radius 2 is 1.58 bits per heavy atom. The Morgan fingerprint density at radius 3 is 2.17 bits per heavy atom. The maximum absolute atomic E-state index is 5.43. The molecule has 0 radical (unpaired) electrons. The number of fused-ring (bicyclic) bond motifs is 3. The molecule has 3 heteroatoms. The zero-order valence-corrected chi connectivity index (χ0v) is 25.6. The van der Waals surface area contributed by atoms with E-state index >= 15 is 0 Å². The summed E-state index contributed by atoms with van der Waals surface area (Å²) in [5, 5.41) is 0. The van der Waals surface area contributed by atoms with Gasteiger partial charge in [0.2, 0.25) is 0 Å². The average molecular weight is 595 g/mol. The van der Waals surface area contributed by atoms with Gasteiger partial charge in [-0.15, -0.1) is 24.8 Å². The van der Waals surface area contributed by atoms with E-state index < -0.39 is 18.3 Å². The molecule has 186 valence electrons. The molecule has 1 unspecified atom stereocenters. The maximum Gasteiger partial charge on any atom is -0.147 e. The van der Waals surface area contributed by atoms with Crippen LogP contribution >= 0.6 is 24.8 Å². The minimum atomic E-state index is -4.23. The number of rotatable bonds is 6. The molecule has 3 aromatic rings. The van der Waals surface area contributed by atoms with Crippen molar-refractivity contribution in [3.8, 4) is 11.1 Å². The molecule has 5 rings (SSSR count). The molecule has 0 heterocycles. The maximum atomic E-state index is 5.43. The summed E-state index contributed by atoms with van der Waals surface area (Å²) >= 11 is -4.23. The van der Waals surface area contributed by atoms with Crippen molar-refractivity contribution in [3.63, 3.8) is 0 Å². The first kappa shape index (κ1) is 28.5. The second-order valence-corrected chi connectivity index (χ2v) is 24.5. The van der Waals surface area contributed by atoms with Crippen LogP contribution in [0.4, 0.5) is 0 Å². The monoisotopic (exact) mass is 592 g/mol. The first-order valence-electron chi connectivity index (χ1n) is 12.4. The van der Waals surface area contributed by atoms with E-state index in [1.165, 1.54) is 45.5 Å².